The maximum atomic E-state index is 11.4. The van der Waals surface area contributed by atoms with E-state index in [4.69, 9.17) is 6.42 Å². The number of amides is 1. The zero-order valence-electron chi connectivity index (χ0n) is 7.68. The molecule has 2 nitrogen and oxygen atoms in total. The lowest BCUT2D eigenvalue weighted by Crippen LogP contribution is -2.23. The molecule has 1 heterocycles. The number of carbonyl (C=O) groups is 1. The van der Waals surface area contributed by atoms with Crippen LogP contribution in [-0.4, -0.2) is 12.5 Å². The Bertz CT molecular complexity index is 359. The summed E-state index contributed by atoms with van der Waals surface area (Å²) in [5.41, 5.74) is 0.734. The van der Waals surface area contributed by atoms with Crippen LogP contribution in [0.15, 0.2) is 6.07 Å². The third kappa shape index (κ3) is 2.33. The third-order valence-corrected chi connectivity index (χ3v) is 2.60. The monoisotopic (exact) mass is 193 g/mol. The number of carbonyl (C=O) groups excluding carboxylic acids is 1. The summed E-state index contributed by atoms with van der Waals surface area (Å²) in [5.74, 6) is 2.28. The van der Waals surface area contributed by atoms with Gasteiger partial charge in [-0.2, -0.15) is 0 Å². The predicted octanol–water partition coefficient (Wildman–Crippen LogP) is 1.73. The van der Waals surface area contributed by atoms with Gasteiger partial charge in [-0.1, -0.05) is 5.92 Å². The minimum atomic E-state index is -0.0835. The summed E-state index contributed by atoms with van der Waals surface area (Å²) in [6.07, 6.45) is 5.04. The van der Waals surface area contributed by atoms with Crippen LogP contribution in [0.3, 0.4) is 0 Å². The highest BCUT2D eigenvalue weighted by atomic mass is 32.1. The standard InChI is InChI=1S/C10H11NOS/c1-4-5-11-10(12)9-6-7(2)13-8(9)3/h1,6H,5H2,2-3H3,(H,11,12). The van der Waals surface area contributed by atoms with E-state index in [2.05, 4.69) is 11.2 Å². The van der Waals surface area contributed by atoms with Crippen LogP contribution in [-0.2, 0) is 0 Å². The molecule has 1 amide bonds. The van der Waals surface area contributed by atoms with E-state index >= 15 is 0 Å². The second-order valence-electron chi connectivity index (χ2n) is 2.71. The number of hydrogen-bond donors (Lipinski definition) is 1. The summed E-state index contributed by atoms with van der Waals surface area (Å²) in [6.45, 7) is 4.20. The molecule has 13 heavy (non-hydrogen) atoms. The molecule has 0 radical (unpaired) electrons. The van der Waals surface area contributed by atoms with E-state index in [0.29, 0.717) is 0 Å². The van der Waals surface area contributed by atoms with Gasteiger partial charge in [-0.3, -0.25) is 4.79 Å². The first-order chi connectivity index (χ1) is 6.15. The molecule has 0 aliphatic rings. The molecule has 0 fully saturated rings. The van der Waals surface area contributed by atoms with Crippen molar-refractivity contribution >= 4 is 17.2 Å². The first-order valence-electron chi connectivity index (χ1n) is 3.94. The maximum Gasteiger partial charge on any atom is 0.253 e. The van der Waals surface area contributed by atoms with Crippen molar-refractivity contribution in [1.29, 1.82) is 0 Å². The van der Waals surface area contributed by atoms with Gasteiger partial charge in [0.15, 0.2) is 0 Å². The average molecular weight is 193 g/mol. The molecule has 3 heteroatoms. The van der Waals surface area contributed by atoms with Crippen LogP contribution in [0, 0.1) is 26.2 Å². The quantitative estimate of drug-likeness (QED) is 0.712. The van der Waals surface area contributed by atoms with Crippen molar-refractivity contribution in [1.82, 2.24) is 5.32 Å². The van der Waals surface area contributed by atoms with E-state index in [1.54, 1.807) is 11.3 Å². The molecular weight excluding hydrogens is 182 g/mol. The van der Waals surface area contributed by atoms with Crippen molar-refractivity contribution in [3.05, 3.63) is 21.4 Å². The van der Waals surface area contributed by atoms with E-state index in [1.807, 2.05) is 19.9 Å². The van der Waals surface area contributed by atoms with Crippen molar-refractivity contribution in [2.75, 3.05) is 6.54 Å². The van der Waals surface area contributed by atoms with E-state index < -0.39 is 0 Å². The number of thiophene rings is 1. The van der Waals surface area contributed by atoms with Gasteiger partial charge >= 0.3 is 0 Å². The van der Waals surface area contributed by atoms with Gasteiger partial charge in [-0.25, -0.2) is 0 Å². The number of terminal acetylenes is 1. The lowest BCUT2D eigenvalue weighted by Gasteiger charge is -1.98. The smallest absolute Gasteiger partial charge is 0.253 e. The fourth-order valence-corrected chi connectivity index (χ4v) is 2.00. The zero-order valence-corrected chi connectivity index (χ0v) is 8.49. The minimum absolute atomic E-state index is 0.0835. The molecule has 0 atom stereocenters. The fourth-order valence-electron chi connectivity index (χ4n) is 1.08. The van der Waals surface area contributed by atoms with E-state index in [1.165, 1.54) is 0 Å². The summed E-state index contributed by atoms with van der Waals surface area (Å²) in [5, 5.41) is 2.63. The second kappa shape index (κ2) is 4.11. The highest BCUT2D eigenvalue weighted by molar-refractivity contribution is 7.12. The van der Waals surface area contributed by atoms with Crippen LogP contribution in [0.1, 0.15) is 20.1 Å². The van der Waals surface area contributed by atoms with Crippen LogP contribution in [0.25, 0.3) is 0 Å². The summed E-state index contributed by atoms with van der Waals surface area (Å²) in [6, 6.07) is 1.88. The Kier molecular flexibility index (Phi) is 3.10. The van der Waals surface area contributed by atoms with Crippen molar-refractivity contribution in [2.45, 2.75) is 13.8 Å². The minimum Gasteiger partial charge on any atom is -0.341 e. The first-order valence-corrected chi connectivity index (χ1v) is 4.75. The van der Waals surface area contributed by atoms with Crippen LogP contribution >= 0.6 is 11.3 Å². The molecule has 1 N–H and O–H groups in total. The Labute approximate surface area is 82.0 Å². The molecule has 0 saturated heterocycles. The number of aryl methyl sites for hydroxylation is 2. The Morgan fingerprint density at radius 3 is 2.85 bits per heavy atom. The summed E-state index contributed by atoms with van der Waals surface area (Å²) < 4.78 is 0. The first kappa shape index (κ1) is 9.82. The molecule has 0 saturated carbocycles. The molecule has 0 aromatic carbocycles. The van der Waals surface area contributed by atoms with Crippen LogP contribution in [0.2, 0.25) is 0 Å². The summed E-state index contributed by atoms with van der Waals surface area (Å²) in [4.78, 5) is 13.6. The fraction of sp³-hybridized carbons (Fsp3) is 0.300. The maximum absolute atomic E-state index is 11.4. The van der Waals surface area contributed by atoms with E-state index in [-0.39, 0.29) is 12.5 Å². The van der Waals surface area contributed by atoms with Crippen LogP contribution in [0.5, 0.6) is 0 Å². The van der Waals surface area contributed by atoms with Crippen LogP contribution in [0.4, 0.5) is 0 Å². The zero-order chi connectivity index (χ0) is 9.84. The molecule has 1 rings (SSSR count). The third-order valence-electron chi connectivity index (χ3n) is 1.64. The van der Waals surface area contributed by atoms with Gasteiger partial charge in [-0.15, -0.1) is 17.8 Å². The van der Waals surface area contributed by atoms with E-state index in [0.717, 1.165) is 15.3 Å². The lowest BCUT2D eigenvalue weighted by molar-refractivity contribution is 0.0958. The number of hydrogen-bond acceptors (Lipinski definition) is 2. The molecule has 0 spiro atoms. The van der Waals surface area contributed by atoms with Crippen molar-refractivity contribution in [3.63, 3.8) is 0 Å². The van der Waals surface area contributed by atoms with Gasteiger partial charge in [0, 0.05) is 9.75 Å². The van der Waals surface area contributed by atoms with Gasteiger partial charge in [0.2, 0.25) is 0 Å². The molecular formula is C10H11NOS. The molecule has 68 valence electrons. The Balaban J connectivity index is 2.78. The number of rotatable bonds is 2. The van der Waals surface area contributed by atoms with Crippen molar-refractivity contribution in [3.8, 4) is 12.3 Å². The van der Waals surface area contributed by atoms with Crippen molar-refractivity contribution in [2.24, 2.45) is 0 Å². The summed E-state index contributed by atoms with van der Waals surface area (Å²) in [7, 11) is 0. The van der Waals surface area contributed by atoms with E-state index in [9.17, 15) is 4.79 Å². The Morgan fingerprint density at radius 1 is 1.69 bits per heavy atom. The second-order valence-corrected chi connectivity index (χ2v) is 4.17. The molecule has 1 aromatic rings. The molecule has 0 bridgehead atoms. The largest absolute Gasteiger partial charge is 0.341 e. The molecule has 1 aromatic heterocycles. The van der Waals surface area contributed by atoms with Gasteiger partial charge in [0.1, 0.15) is 0 Å². The summed E-state index contributed by atoms with van der Waals surface area (Å²) >= 11 is 1.62. The molecule has 0 unspecified atom stereocenters. The SMILES string of the molecule is C#CCNC(=O)c1cc(C)sc1C. The van der Waals surface area contributed by atoms with Gasteiger partial charge in [0.25, 0.3) is 5.91 Å². The topological polar surface area (TPSA) is 29.1 Å². The lowest BCUT2D eigenvalue weighted by atomic mass is 10.2. The average Bonchev–Trinajstić information content (AvgIpc) is 2.41. The normalized spacial score (nSPS) is 9.31. The van der Waals surface area contributed by atoms with Gasteiger partial charge < -0.3 is 5.32 Å². The van der Waals surface area contributed by atoms with Crippen molar-refractivity contribution < 1.29 is 4.79 Å². The Morgan fingerprint density at radius 2 is 2.38 bits per heavy atom. The predicted molar refractivity (Wildman–Crippen MR) is 55.0 cm³/mol. The van der Waals surface area contributed by atoms with Crippen LogP contribution < -0.4 is 5.32 Å². The molecule has 0 aliphatic heterocycles. The Hall–Kier alpha value is -1.27. The van der Waals surface area contributed by atoms with Gasteiger partial charge in [-0.05, 0) is 19.9 Å². The highest BCUT2D eigenvalue weighted by Gasteiger charge is 2.10. The number of nitrogens with one attached hydrogen (secondary N) is 1. The van der Waals surface area contributed by atoms with Gasteiger partial charge in [0.05, 0.1) is 12.1 Å². The highest BCUT2D eigenvalue weighted by Crippen LogP contribution is 2.20. The molecule has 0 aliphatic carbocycles.